The van der Waals surface area contributed by atoms with Crippen LogP contribution in [0.15, 0.2) is 49.0 Å². The fourth-order valence-electron chi connectivity index (χ4n) is 3.18. The van der Waals surface area contributed by atoms with Gasteiger partial charge >= 0.3 is 6.03 Å². The number of carbonyl (C=O) groups is 2. The predicted molar refractivity (Wildman–Crippen MR) is 99.7 cm³/mol. The molecule has 2 aromatic carbocycles. The van der Waals surface area contributed by atoms with E-state index in [-0.39, 0.29) is 5.91 Å². The van der Waals surface area contributed by atoms with Gasteiger partial charge in [-0.2, -0.15) is 0 Å². The number of benzene rings is 2. The molecular weight excluding hydrogens is 338 g/mol. The monoisotopic (exact) mass is 355 g/mol. The van der Waals surface area contributed by atoms with Crippen LogP contribution in [0.2, 0.25) is 5.02 Å². The predicted octanol–water partition coefficient (Wildman–Crippen LogP) is 2.96. The number of para-hydroxylation sites is 1. The smallest absolute Gasteiger partial charge is 0.312 e. The van der Waals surface area contributed by atoms with Crippen LogP contribution in [-0.2, 0) is 11.2 Å². The quantitative estimate of drug-likeness (QED) is 0.888. The zero-order chi connectivity index (χ0) is 18.1. The minimum absolute atomic E-state index is 0.217. The van der Waals surface area contributed by atoms with E-state index in [4.69, 9.17) is 17.3 Å². The van der Waals surface area contributed by atoms with Gasteiger partial charge in [-0.15, -0.1) is 0 Å². The molecular formula is C19H18ClN3O2. The number of hydrogen-bond donors (Lipinski definition) is 2. The zero-order valence-electron chi connectivity index (χ0n) is 13.8. The van der Waals surface area contributed by atoms with E-state index in [0.717, 1.165) is 28.0 Å². The number of rotatable bonds is 3. The summed E-state index contributed by atoms with van der Waals surface area (Å²) in [4.78, 5) is 25.3. The van der Waals surface area contributed by atoms with Crippen molar-refractivity contribution in [3.05, 3.63) is 70.8 Å². The Kier molecular flexibility index (Phi) is 4.51. The summed E-state index contributed by atoms with van der Waals surface area (Å²) in [5, 5.41) is 3.10. The summed E-state index contributed by atoms with van der Waals surface area (Å²) in [6, 6.07) is 11.8. The number of hydrogen-bond acceptors (Lipinski definition) is 2. The van der Waals surface area contributed by atoms with Gasteiger partial charge in [-0.25, -0.2) is 4.79 Å². The second-order valence-corrected chi connectivity index (χ2v) is 6.34. The van der Waals surface area contributed by atoms with E-state index in [0.29, 0.717) is 11.4 Å². The lowest BCUT2D eigenvalue weighted by molar-refractivity contribution is -0.120. The topological polar surface area (TPSA) is 75.4 Å². The van der Waals surface area contributed by atoms with E-state index >= 15 is 0 Å². The largest absolute Gasteiger partial charge is 0.352 e. The van der Waals surface area contributed by atoms with E-state index in [2.05, 4.69) is 11.9 Å². The van der Waals surface area contributed by atoms with E-state index in [1.54, 1.807) is 13.1 Å². The lowest BCUT2D eigenvalue weighted by Crippen LogP contribution is -2.53. The van der Waals surface area contributed by atoms with Gasteiger partial charge in [0.2, 0.25) is 5.91 Å². The maximum absolute atomic E-state index is 12.6. The number of urea groups is 1. The first-order valence-corrected chi connectivity index (χ1v) is 8.17. The molecule has 0 saturated carbocycles. The molecule has 2 aromatic rings. The SMILES string of the molecule is C=C(c1ccccc1Cl)c1cccc2c1N(C)C(=O)[C@H](NC(N)=O)C2. The van der Waals surface area contributed by atoms with Crippen LogP contribution in [0.25, 0.3) is 5.57 Å². The lowest BCUT2D eigenvalue weighted by atomic mass is 9.90. The Morgan fingerprint density at radius 3 is 2.60 bits per heavy atom. The van der Waals surface area contributed by atoms with Gasteiger partial charge in [-0.05, 0) is 17.2 Å². The Bertz CT molecular complexity index is 879. The maximum atomic E-state index is 12.6. The molecule has 0 fully saturated rings. The summed E-state index contributed by atoms with van der Waals surface area (Å²) in [5.74, 6) is -0.217. The summed E-state index contributed by atoms with van der Waals surface area (Å²) < 4.78 is 0. The maximum Gasteiger partial charge on any atom is 0.312 e. The summed E-state index contributed by atoms with van der Waals surface area (Å²) in [6.45, 7) is 4.18. The first-order chi connectivity index (χ1) is 11.9. The van der Waals surface area contributed by atoms with Crippen LogP contribution in [0.5, 0.6) is 0 Å². The number of anilines is 1. The summed E-state index contributed by atoms with van der Waals surface area (Å²) in [6.07, 6.45) is 0.380. The minimum atomic E-state index is -0.716. The standard InChI is InChI=1S/C19H18ClN3O2/c1-11(13-7-3-4-9-15(13)20)14-8-5-6-12-10-16(22-19(21)25)18(24)23(2)17(12)14/h3-9,16H,1,10H2,2H3,(H3,21,22,25)/t16-/m1/s1. The van der Waals surface area contributed by atoms with Crippen molar-refractivity contribution in [2.24, 2.45) is 5.73 Å². The van der Waals surface area contributed by atoms with Crippen molar-refractivity contribution in [3.8, 4) is 0 Å². The Morgan fingerprint density at radius 1 is 1.24 bits per heavy atom. The Hall–Kier alpha value is -2.79. The summed E-state index contributed by atoms with van der Waals surface area (Å²) in [7, 11) is 1.68. The number of nitrogens with one attached hydrogen (secondary N) is 1. The van der Waals surface area contributed by atoms with Crippen molar-refractivity contribution in [1.82, 2.24) is 5.32 Å². The normalized spacial score (nSPS) is 16.3. The highest BCUT2D eigenvalue weighted by Gasteiger charge is 2.33. The summed E-state index contributed by atoms with van der Waals surface area (Å²) in [5.41, 5.74) is 9.27. The molecule has 1 aliphatic rings. The van der Waals surface area contributed by atoms with Gasteiger partial charge in [0.05, 0.1) is 5.69 Å². The number of primary amides is 1. The van der Waals surface area contributed by atoms with Gasteiger partial charge in [-0.1, -0.05) is 54.6 Å². The van der Waals surface area contributed by atoms with Crippen molar-refractivity contribution >= 4 is 34.8 Å². The highest BCUT2D eigenvalue weighted by molar-refractivity contribution is 6.32. The first-order valence-electron chi connectivity index (χ1n) is 7.79. The van der Waals surface area contributed by atoms with Crippen LogP contribution in [0.1, 0.15) is 16.7 Å². The molecule has 0 aromatic heterocycles. The number of nitrogens with zero attached hydrogens (tertiary/aromatic N) is 1. The average Bonchev–Trinajstić information content (AvgIpc) is 2.58. The van der Waals surface area contributed by atoms with E-state index in [9.17, 15) is 9.59 Å². The van der Waals surface area contributed by atoms with Crippen molar-refractivity contribution in [2.75, 3.05) is 11.9 Å². The van der Waals surface area contributed by atoms with Crippen molar-refractivity contribution in [2.45, 2.75) is 12.5 Å². The van der Waals surface area contributed by atoms with E-state index in [1.807, 2.05) is 36.4 Å². The fraction of sp³-hybridized carbons (Fsp3) is 0.158. The van der Waals surface area contributed by atoms with Crippen molar-refractivity contribution in [1.29, 1.82) is 0 Å². The van der Waals surface area contributed by atoms with Gasteiger partial charge in [-0.3, -0.25) is 4.79 Å². The van der Waals surface area contributed by atoms with Crippen LogP contribution in [-0.4, -0.2) is 25.0 Å². The highest BCUT2D eigenvalue weighted by atomic mass is 35.5. The second kappa shape index (κ2) is 6.61. The molecule has 1 atom stereocenters. The molecule has 6 heteroatoms. The van der Waals surface area contributed by atoms with Gasteiger partial charge < -0.3 is 16.0 Å². The zero-order valence-corrected chi connectivity index (χ0v) is 14.5. The molecule has 5 nitrogen and oxygen atoms in total. The summed E-state index contributed by atoms with van der Waals surface area (Å²) >= 11 is 6.29. The Morgan fingerprint density at radius 2 is 1.92 bits per heavy atom. The van der Waals surface area contributed by atoms with Gasteiger partial charge in [0.25, 0.3) is 0 Å². The third-order valence-corrected chi connectivity index (χ3v) is 4.68. The third-order valence-electron chi connectivity index (χ3n) is 4.35. The molecule has 0 bridgehead atoms. The minimum Gasteiger partial charge on any atom is -0.352 e. The number of carbonyl (C=O) groups excluding carboxylic acids is 2. The molecule has 3 rings (SSSR count). The van der Waals surface area contributed by atoms with Gasteiger partial charge in [0.15, 0.2) is 0 Å². The number of halogens is 1. The number of fused-ring (bicyclic) bond motifs is 1. The molecule has 3 amide bonds. The molecule has 0 unspecified atom stereocenters. The molecule has 0 saturated heterocycles. The molecule has 128 valence electrons. The number of amides is 3. The van der Waals surface area contributed by atoms with Gasteiger partial charge in [0, 0.05) is 29.6 Å². The van der Waals surface area contributed by atoms with Crippen LogP contribution >= 0.6 is 11.6 Å². The Balaban J connectivity index is 2.06. The van der Waals surface area contributed by atoms with Crippen LogP contribution in [0.3, 0.4) is 0 Å². The second-order valence-electron chi connectivity index (χ2n) is 5.93. The molecule has 0 spiro atoms. The van der Waals surface area contributed by atoms with Crippen molar-refractivity contribution in [3.63, 3.8) is 0 Å². The molecule has 0 aliphatic carbocycles. The van der Waals surface area contributed by atoms with E-state index in [1.165, 1.54) is 4.90 Å². The fourth-order valence-corrected chi connectivity index (χ4v) is 3.43. The Labute approximate surface area is 151 Å². The van der Waals surface area contributed by atoms with Gasteiger partial charge in [0.1, 0.15) is 6.04 Å². The highest BCUT2D eigenvalue weighted by Crippen LogP contribution is 2.38. The van der Waals surface area contributed by atoms with Crippen molar-refractivity contribution < 1.29 is 9.59 Å². The van der Waals surface area contributed by atoms with Crippen LogP contribution in [0.4, 0.5) is 10.5 Å². The third kappa shape index (κ3) is 3.10. The lowest BCUT2D eigenvalue weighted by Gasteiger charge is -2.33. The van der Waals surface area contributed by atoms with Crippen LogP contribution in [0, 0.1) is 0 Å². The number of nitrogens with two attached hydrogens (primary N) is 1. The molecule has 1 heterocycles. The molecule has 25 heavy (non-hydrogen) atoms. The molecule has 3 N–H and O–H groups in total. The average molecular weight is 356 g/mol. The molecule has 1 aliphatic heterocycles. The first kappa shape index (κ1) is 17.0. The number of likely N-dealkylation sites (N-methyl/N-ethyl adjacent to an activating group) is 1. The van der Waals surface area contributed by atoms with Crippen LogP contribution < -0.4 is 16.0 Å². The molecule has 0 radical (unpaired) electrons. The van der Waals surface area contributed by atoms with E-state index < -0.39 is 12.1 Å².